The summed E-state index contributed by atoms with van der Waals surface area (Å²) in [7, 11) is 0. The van der Waals surface area contributed by atoms with Gasteiger partial charge in [0.25, 0.3) is 5.56 Å². The summed E-state index contributed by atoms with van der Waals surface area (Å²) in [6.07, 6.45) is 3.86. The molecular weight excluding hydrogens is 492 g/mol. The van der Waals surface area contributed by atoms with Crippen LogP contribution in [0.5, 0.6) is 5.75 Å². The summed E-state index contributed by atoms with van der Waals surface area (Å²) in [6, 6.07) is 15.0. The molecule has 4 rings (SSSR count). The largest absolute Gasteiger partial charge is 0.493 e. The third-order valence-electron chi connectivity index (χ3n) is 5.71. The van der Waals surface area contributed by atoms with Crippen LogP contribution in [0.4, 0.5) is 0 Å². The normalized spacial score (nSPS) is 15.6. The quantitative estimate of drug-likeness (QED) is 0.321. The lowest BCUT2D eigenvalue weighted by molar-refractivity contribution is -0.139. The standard InChI is InChI=1S/C28H30N2O4S2/c1-6-33-27(32)24-18(4)29-28-30(25(24)20-9-13-22(35-5)14-10-20)26(31)23(36-28)15-19-7-11-21(12-8-19)34-16-17(2)3/h7-15,17,25H,6,16H2,1-5H3/b23-15+/t25-/m1/s1. The van der Waals surface area contributed by atoms with Crippen molar-refractivity contribution >= 4 is 35.1 Å². The van der Waals surface area contributed by atoms with Gasteiger partial charge in [0.15, 0.2) is 4.80 Å². The molecule has 2 heterocycles. The molecule has 188 valence electrons. The lowest BCUT2D eigenvalue weighted by Gasteiger charge is -2.24. The fourth-order valence-electron chi connectivity index (χ4n) is 3.97. The third kappa shape index (κ3) is 5.50. The van der Waals surface area contributed by atoms with Crippen LogP contribution in [0.25, 0.3) is 6.08 Å². The Labute approximate surface area is 219 Å². The molecule has 0 unspecified atom stereocenters. The highest BCUT2D eigenvalue weighted by molar-refractivity contribution is 7.98. The topological polar surface area (TPSA) is 69.9 Å². The molecule has 1 aliphatic rings. The summed E-state index contributed by atoms with van der Waals surface area (Å²) in [6.45, 7) is 8.67. The molecule has 0 aliphatic carbocycles. The van der Waals surface area contributed by atoms with Crippen LogP contribution in [0, 0.1) is 5.92 Å². The Morgan fingerprint density at radius 1 is 1.17 bits per heavy atom. The minimum absolute atomic E-state index is 0.188. The molecule has 1 aliphatic heterocycles. The van der Waals surface area contributed by atoms with Gasteiger partial charge in [-0.15, -0.1) is 11.8 Å². The van der Waals surface area contributed by atoms with Crippen LogP contribution in [0.2, 0.25) is 0 Å². The maximum atomic E-state index is 13.7. The van der Waals surface area contributed by atoms with Crippen LogP contribution < -0.4 is 19.6 Å². The molecule has 0 amide bonds. The van der Waals surface area contributed by atoms with Gasteiger partial charge in [-0.05, 0) is 67.5 Å². The van der Waals surface area contributed by atoms with Crippen LogP contribution in [0.1, 0.15) is 44.9 Å². The number of allylic oxidation sites excluding steroid dienone is 1. The van der Waals surface area contributed by atoms with E-state index in [4.69, 9.17) is 9.47 Å². The molecule has 1 aromatic heterocycles. The Bertz CT molecular complexity index is 1450. The van der Waals surface area contributed by atoms with Gasteiger partial charge >= 0.3 is 5.97 Å². The van der Waals surface area contributed by atoms with Crippen molar-refractivity contribution in [2.45, 2.75) is 38.6 Å². The van der Waals surface area contributed by atoms with E-state index in [0.717, 1.165) is 21.8 Å². The first-order valence-electron chi connectivity index (χ1n) is 11.9. The number of fused-ring (bicyclic) bond motifs is 1. The first-order chi connectivity index (χ1) is 17.3. The lowest BCUT2D eigenvalue weighted by Crippen LogP contribution is -2.39. The summed E-state index contributed by atoms with van der Waals surface area (Å²) < 4.78 is 13.3. The molecule has 1 atom stereocenters. The number of thioether (sulfide) groups is 1. The highest BCUT2D eigenvalue weighted by Gasteiger charge is 2.33. The van der Waals surface area contributed by atoms with Gasteiger partial charge in [-0.1, -0.05) is 49.4 Å². The second kappa shape index (κ2) is 11.3. The highest BCUT2D eigenvalue weighted by Crippen LogP contribution is 2.31. The van der Waals surface area contributed by atoms with Gasteiger partial charge in [-0.25, -0.2) is 9.79 Å². The lowest BCUT2D eigenvalue weighted by atomic mass is 9.96. The zero-order valence-corrected chi connectivity index (χ0v) is 22.7. The number of nitrogens with zero attached hydrogens (tertiary/aromatic N) is 2. The minimum atomic E-state index is -0.606. The van der Waals surface area contributed by atoms with E-state index in [0.29, 0.717) is 33.1 Å². The number of carbonyl (C=O) groups is 1. The third-order valence-corrected chi connectivity index (χ3v) is 7.44. The zero-order chi connectivity index (χ0) is 25.8. The minimum Gasteiger partial charge on any atom is -0.493 e. The molecule has 0 radical (unpaired) electrons. The van der Waals surface area contributed by atoms with Crippen molar-refractivity contribution < 1.29 is 14.3 Å². The van der Waals surface area contributed by atoms with Gasteiger partial charge in [0.1, 0.15) is 5.75 Å². The molecule has 36 heavy (non-hydrogen) atoms. The number of esters is 1. The predicted molar refractivity (Wildman–Crippen MR) is 145 cm³/mol. The highest BCUT2D eigenvalue weighted by atomic mass is 32.2. The molecule has 6 nitrogen and oxygen atoms in total. The Balaban J connectivity index is 1.80. The van der Waals surface area contributed by atoms with Crippen LogP contribution in [0.3, 0.4) is 0 Å². The number of hydrogen-bond donors (Lipinski definition) is 0. The average Bonchev–Trinajstić information content (AvgIpc) is 3.17. The molecule has 3 aromatic rings. The number of thiazole rings is 1. The van der Waals surface area contributed by atoms with Gasteiger partial charge in [0.05, 0.1) is 35.1 Å². The molecular formula is C28H30N2O4S2. The summed E-state index contributed by atoms with van der Waals surface area (Å²) >= 11 is 2.96. The van der Waals surface area contributed by atoms with Gasteiger partial charge in [0.2, 0.25) is 0 Å². The van der Waals surface area contributed by atoms with Gasteiger partial charge in [-0.2, -0.15) is 0 Å². The van der Waals surface area contributed by atoms with Crippen molar-refractivity contribution in [3.05, 3.63) is 90.6 Å². The summed E-state index contributed by atoms with van der Waals surface area (Å²) in [5.41, 5.74) is 2.49. The molecule has 0 N–H and O–H groups in total. The van der Waals surface area contributed by atoms with Crippen molar-refractivity contribution in [1.82, 2.24) is 4.57 Å². The second-order valence-corrected chi connectivity index (χ2v) is 10.7. The molecule has 0 saturated heterocycles. The van der Waals surface area contributed by atoms with E-state index in [1.807, 2.05) is 60.9 Å². The SMILES string of the molecule is CCOC(=O)C1=C(C)N=c2s/c(=C/c3ccc(OCC(C)C)cc3)c(=O)n2[C@@H]1c1ccc(SC)cc1. The van der Waals surface area contributed by atoms with E-state index >= 15 is 0 Å². The number of aromatic nitrogens is 1. The van der Waals surface area contributed by atoms with E-state index in [1.54, 1.807) is 30.2 Å². The molecule has 0 fully saturated rings. The van der Waals surface area contributed by atoms with E-state index < -0.39 is 12.0 Å². The number of carbonyl (C=O) groups excluding carboxylic acids is 1. The van der Waals surface area contributed by atoms with E-state index in [9.17, 15) is 9.59 Å². The van der Waals surface area contributed by atoms with Gasteiger partial charge < -0.3 is 9.47 Å². The fourth-order valence-corrected chi connectivity index (χ4v) is 5.42. The maximum absolute atomic E-state index is 13.7. The van der Waals surface area contributed by atoms with Gasteiger partial charge in [0, 0.05) is 4.90 Å². The first kappa shape index (κ1) is 26.0. The molecule has 0 saturated carbocycles. The molecule has 0 spiro atoms. The van der Waals surface area contributed by atoms with Crippen LogP contribution in [-0.2, 0) is 9.53 Å². The smallest absolute Gasteiger partial charge is 0.338 e. The van der Waals surface area contributed by atoms with Crippen molar-refractivity contribution in [2.24, 2.45) is 10.9 Å². The fraction of sp³-hybridized carbons (Fsp3) is 0.321. The first-order valence-corrected chi connectivity index (χ1v) is 13.9. The summed E-state index contributed by atoms with van der Waals surface area (Å²) in [5.74, 6) is 0.786. The predicted octanol–water partition coefficient (Wildman–Crippen LogP) is 4.56. The zero-order valence-electron chi connectivity index (χ0n) is 21.1. The van der Waals surface area contributed by atoms with Crippen molar-refractivity contribution in [3.63, 3.8) is 0 Å². The summed E-state index contributed by atoms with van der Waals surface area (Å²) in [4.78, 5) is 33.0. The van der Waals surface area contributed by atoms with Crippen LogP contribution >= 0.6 is 23.1 Å². The molecule has 0 bridgehead atoms. The van der Waals surface area contributed by atoms with Crippen LogP contribution in [-0.4, -0.2) is 30.0 Å². The Hall–Kier alpha value is -3.10. The second-order valence-electron chi connectivity index (χ2n) is 8.85. The number of benzene rings is 2. The van der Waals surface area contributed by atoms with Crippen LogP contribution in [0.15, 0.2) is 74.5 Å². The maximum Gasteiger partial charge on any atom is 0.338 e. The molecule has 2 aromatic carbocycles. The van der Waals surface area contributed by atoms with E-state index in [1.165, 1.54) is 11.3 Å². The monoisotopic (exact) mass is 522 g/mol. The number of rotatable bonds is 8. The summed E-state index contributed by atoms with van der Waals surface area (Å²) in [5, 5.41) is 0. The van der Waals surface area contributed by atoms with Gasteiger partial charge in [-0.3, -0.25) is 9.36 Å². The average molecular weight is 523 g/mol. The van der Waals surface area contributed by atoms with E-state index in [-0.39, 0.29) is 12.2 Å². The Morgan fingerprint density at radius 3 is 2.47 bits per heavy atom. The number of ether oxygens (including phenoxy) is 2. The number of hydrogen-bond acceptors (Lipinski definition) is 7. The Kier molecular flexibility index (Phi) is 8.16. The van der Waals surface area contributed by atoms with Crippen molar-refractivity contribution in [1.29, 1.82) is 0 Å². The van der Waals surface area contributed by atoms with Crippen molar-refractivity contribution in [3.8, 4) is 5.75 Å². The van der Waals surface area contributed by atoms with E-state index in [2.05, 4.69) is 18.8 Å². The molecule has 8 heteroatoms. The Morgan fingerprint density at radius 2 is 1.86 bits per heavy atom. The van der Waals surface area contributed by atoms with Crippen molar-refractivity contribution in [2.75, 3.05) is 19.5 Å².